The molecule has 0 aliphatic rings. The maximum absolute atomic E-state index is 4.41. The van der Waals surface area contributed by atoms with E-state index in [1.165, 1.54) is 10.4 Å². The number of anilines is 1. The molecule has 17 heavy (non-hydrogen) atoms. The van der Waals surface area contributed by atoms with Crippen LogP contribution in [-0.2, 0) is 0 Å². The van der Waals surface area contributed by atoms with E-state index in [-0.39, 0.29) is 0 Å². The molecule has 0 saturated heterocycles. The van der Waals surface area contributed by atoms with Crippen molar-refractivity contribution in [1.29, 1.82) is 0 Å². The van der Waals surface area contributed by atoms with Gasteiger partial charge in [-0.2, -0.15) is 0 Å². The number of aryl methyl sites for hydroxylation is 1. The fourth-order valence-electron chi connectivity index (χ4n) is 1.72. The highest BCUT2D eigenvalue weighted by molar-refractivity contribution is 7.13. The van der Waals surface area contributed by atoms with Crippen molar-refractivity contribution >= 4 is 17.2 Å². The number of aromatic nitrogens is 2. The summed E-state index contributed by atoms with van der Waals surface area (Å²) in [5.41, 5.74) is 3.45. The Morgan fingerprint density at radius 2 is 2.12 bits per heavy atom. The fourth-order valence-corrected chi connectivity index (χ4v) is 2.70. The van der Waals surface area contributed by atoms with E-state index in [1.807, 2.05) is 0 Å². The van der Waals surface area contributed by atoms with Gasteiger partial charge in [-0.1, -0.05) is 6.92 Å². The van der Waals surface area contributed by atoms with Crippen molar-refractivity contribution in [1.82, 2.24) is 9.97 Å². The minimum absolute atomic E-state index is 0.945. The van der Waals surface area contributed by atoms with Gasteiger partial charge in [-0.05, 0) is 37.3 Å². The minimum atomic E-state index is 0.945. The summed E-state index contributed by atoms with van der Waals surface area (Å²) >= 11 is 1.73. The van der Waals surface area contributed by atoms with E-state index in [2.05, 4.69) is 47.5 Å². The summed E-state index contributed by atoms with van der Waals surface area (Å²) in [6, 6.07) is 2.13. The first-order chi connectivity index (χ1) is 8.24. The van der Waals surface area contributed by atoms with Crippen LogP contribution in [0.3, 0.4) is 0 Å². The van der Waals surface area contributed by atoms with E-state index in [4.69, 9.17) is 0 Å². The second kappa shape index (κ2) is 5.27. The second-order valence-electron chi connectivity index (χ2n) is 4.06. The van der Waals surface area contributed by atoms with Crippen LogP contribution in [0.4, 0.5) is 5.82 Å². The Balaban J connectivity index is 2.39. The Morgan fingerprint density at radius 3 is 2.76 bits per heavy atom. The monoisotopic (exact) mass is 247 g/mol. The summed E-state index contributed by atoms with van der Waals surface area (Å²) in [6.45, 7) is 7.29. The summed E-state index contributed by atoms with van der Waals surface area (Å²) in [5.74, 6) is 0.949. The van der Waals surface area contributed by atoms with Crippen molar-refractivity contribution in [3.8, 4) is 10.6 Å². The number of thiophene rings is 1. The van der Waals surface area contributed by atoms with E-state index < -0.39 is 0 Å². The molecule has 3 nitrogen and oxygen atoms in total. The standard InChI is InChI=1S/C13H17N3S/c1-4-6-14-13-10(3)11(15-8-16-13)12-9(2)5-7-17-12/h5,7-8H,4,6H2,1-3H3,(H,14,15,16). The SMILES string of the molecule is CCCNc1ncnc(-c2sccc2C)c1C. The molecule has 90 valence electrons. The second-order valence-corrected chi connectivity index (χ2v) is 4.97. The van der Waals surface area contributed by atoms with E-state index in [1.54, 1.807) is 17.7 Å². The number of hydrogen-bond donors (Lipinski definition) is 1. The van der Waals surface area contributed by atoms with Gasteiger partial charge in [0, 0.05) is 12.1 Å². The van der Waals surface area contributed by atoms with Crippen molar-refractivity contribution in [3.63, 3.8) is 0 Å². The van der Waals surface area contributed by atoms with Crippen LogP contribution in [-0.4, -0.2) is 16.5 Å². The molecular formula is C13H17N3S. The largest absolute Gasteiger partial charge is 0.370 e. The first-order valence-electron chi connectivity index (χ1n) is 5.84. The predicted octanol–water partition coefficient (Wildman–Crippen LogP) is 3.64. The van der Waals surface area contributed by atoms with E-state index >= 15 is 0 Å². The summed E-state index contributed by atoms with van der Waals surface area (Å²) in [5, 5.41) is 5.44. The summed E-state index contributed by atoms with van der Waals surface area (Å²) in [4.78, 5) is 9.95. The average Bonchev–Trinajstić information content (AvgIpc) is 2.74. The van der Waals surface area contributed by atoms with E-state index in [0.29, 0.717) is 0 Å². The smallest absolute Gasteiger partial charge is 0.132 e. The van der Waals surface area contributed by atoms with Crippen LogP contribution < -0.4 is 5.32 Å². The zero-order valence-electron chi connectivity index (χ0n) is 10.4. The lowest BCUT2D eigenvalue weighted by Gasteiger charge is -2.10. The number of rotatable bonds is 4. The van der Waals surface area contributed by atoms with Crippen molar-refractivity contribution in [2.45, 2.75) is 27.2 Å². The molecule has 0 aliphatic carbocycles. The summed E-state index contributed by atoms with van der Waals surface area (Å²) < 4.78 is 0. The van der Waals surface area contributed by atoms with Gasteiger partial charge < -0.3 is 5.32 Å². The van der Waals surface area contributed by atoms with Crippen LogP contribution in [0.1, 0.15) is 24.5 Å². The van der Waals surface area contributed by atoms with Crippen molar-refractivity contribution in [3.05, 3.63) is 28.9 Å². The van der Waals surface area contributed by atoms with Crippen LogP contribution >= 0.6 is 11.3 Å². The molecule has 2 aromatic heterocycles. The lowest BCUT2D eigenvalue weighted by atomic mass is 10.1. The average molecular weight is 247 g/mol. The van der Waals surface area contributed by atoms with Gasteiger partial charge in [-0.3, -0.25) is 0 Å². The molecule has 0 fully saturated rings. The van der Waals surface area contributed by atoms with Crippen molar-refractivity contribution in [2.24, 2.45) is 0 Å². The maximum atomic E-state index is 4.41. The molecule has 4 heteroatoms. The lowest BCUT2D eigenvalue weighted by Crippen LogP contribution is -2.05. The van der Waals surface area contributed by atoms with Gasteiger partial charge in [-0.15, -0.1) is 11.3 Å². The Labute approximate surface area is 106 Å². The van der Waals surface area contributed by atoms with E-state index in [9.17, 15) is 0 Å². The quantitative estimate of drug-likeness (QED) is 0.896. The number of nitrogens with one attached hydrogen (secondary N) is 1. The summed E-state index contributed by atoms with van der Waals surface area (Å²) in [7, 11) is 0. The Morgan fingerprint density at radius 1 is 1.29 bits per heavy atom. The lowest BCUT2D eigenvalue weighted by molar-refractivity contribution is 0.960. The van der Waals surface area contributed by atoms with Crippen molar-refractivity contribution in [2.75, 3.05) is 11.9 Å². The normalized spacial score (nSPS) is 10.5. The number of nitrogens with zero attached hydrogens (tertiary/aromatic N) is 2. The predicted molar refractivity (Wildman–Crippen MR) is 73.6 cm³/mol. The Bertz CT molecular complexity index is 505. The van der Waals surface area contributed by atoms with Gasteiger partial charge in [-0.25, -0.2) is 9.97 Å². The highest BCUT2D eigenvalue weighted by Crippen LogP contribution is 2.31. The highest BCUT2D eigenvalue weighted by Gasteiger charge is 2.11. The van der Waals surface area contributed by atoms with Crippen LogP contribution in [0.15, 0.2) is 17.8 Å². The van der Waals surface area contributed by atoms with Crippen molar-refractivity contribution < 1.29 is 0 Å². The topological polar surface area (TPSA) is 37.8 Å². The van der Waals surface area contributed by atoms with Crippen LogP contribution in [0, 0.1) is 13.8 Å². The molecule has 2 rings (SSSR count). The molecule has 0 unspecified atom stereocenters. The first kappa shape index (κ1) is 12.0. The molecule has 1 N–H and O–H groups in total. The Hall–Kier alpha value is -1.42. The fraction of sp³-hybridized carbons (Fsp3) is 0.385. The molecule has 0 aromatic carbocycles. The van der Waals surface area contributed by atoms with Crippen LogP contribution in [0.5, 0.6) is 0 Å². The molecule has 0 spiro atoms. The van der Waals surface area contributed by atoms with Gasteiger partial charge in [0.2, 0.25) is 0 Å². The zero-order chi connectivity index (χ0) is 12.3. The molecule has 0 bridgehead atoms. The van der Waals surface area contributed by atoms with Crippen LogP contribution in [0.2, 0.25) is 0 Å². The van der Waals surface area contributed by atoms with E-state index in [0.717, 1.165) is 30.0 Å². The van der Waals surface area contributed by atoms with Gasteiger partial charge in [0.15, 0.2) is 0 Å². The number of hydrogen-bond acceptors (Lipinski definition) is 4. The summed E-state index contributed by atoms with van der Waals surface area (Å²) in [6.07, 6.45) is 2.73. The molecule has 0 radical (unpaired) electrons. The van der Waals surface area contributed by atoms with Gasteiger partial charge in [0.1, 0.15) is 12.1 Å². The van der Waals surface area contributed by atoms with Gasteiger partial charge in [0.25, 0.3) is 0 Å². The molecule has 0 saturated carbocycles. The molecule has 2 aromatic rings. The third-order valence-corrected chi connectivity index (χ3v) is 3.73. The van der Waals surface area contributed by atoms with Gasteiger partial charge >= 0.3 is 0 Å². The molecule has 0 amide bonds. The Kier molecular flexibility index (Phi) is 3.74. The molecule has 0 atom stereocenters. The molecular weight excluding hydrogens is 230 g/mol. The minimum Gasteiger partial charge on any atom is -0.370 e. The third-order valence-electron chi connectivity index (χ3n) is 2.70. The molecule has 0 aliphatic heterocycles. The zero-order valence-corrected chi connectivity index (χ0v) is 11.3. The molecule has 2 heterocycles. The third kappa shape index (κ3) is 2.47. The van der Waals surface area contributed by atoms with Crippen LogP contribution in [0.25, 0.3) is 10.6 Å². The maximum Gasteiger partial charge on any atom is 0.132 e. The highest BCUT2D eigenvalue weighted by atomic mass is 32.1. The first-order valence-corrected chi connectivity index (χ1v) is 6.72. The van der Waals surface area contributed by atoms with Gasteiger partial charge in [0.05, 0.1) is 10.6 Å².